The third kappa shape index (κ3) is 1.95. The molecule has 0 radical (unpaired) electrons. The summed E-state index contributed by atoms with van der Waals surface area (Å²) in [5.41, 5.74) is 1.54. The molecule has 4 nitrogen and oxygen atoms in total. The number of methoxy groups -OCH3 is 1. The second-order valence-corrected chi connectivity index (χ2v) is 3.36. The van der Waals surface area contributed by atoms with Crippen molar-refractivity contribution in [1.82, 2.24) is 9.97 Å². The largest absolute Gasteiger partial charge is 0.468 e. The van der Waals surface area contributed by atoms with E-state index in [1.165, 1.54) is 7.11 Å². The van der Waals surface area contributed by atoms with Gasteiger partial charge in [-0.2, -0.15) is 0 Å². The van der Waals surface area contributed by atoms with Crippen LogP contribution in [0.1, 0.15) is 17.2 Å². The number of aromatic amines is 1. The minimum atomic E-state index is -0.461. The molecular weight excluding hydrogens is 204 g/mol. The molecule has 0 aliphatic heterocycles. The number of aromatic nitrogens is 2. The SMILES string of the molecule is COC(=O)C(c1ccccc1)c1c[nH]cn1. The third-order valence-corrected chi connectivity index (χ3v) is 2.38. The second-order valence-electron chi connectivity index (χ2n) is 3.36. The third-order valence-electron chi connectivity index (χ3n) is 2.38. The number of hydrogen-bond donors (Lipinski definition) is 1. The highest BCUT2D eigenvalue weighted by molar-refractivity contribution is 5.81. The first kappa shape index (κ1) is 10.4. The summed E-state index contributed by atoms with van der Waals surface area (Å²) in [5, 5.41) is 0. The lowest BCUT2D eigenvalue weighted by molar-refractivity contribution is -0.141. The smallest absolute Gasteiger partial charge is 0.319 e. The Morgan fingerprint density at radius 1 is 1.38 bits per heavy atom. The highest BCUT2D eigenvalue weighted by Crippen LogP contribution is 2.23. The summed E-state index contributed by atoms with van der Waals surface area (Å²) in [6, 6.07) is 9.45. The van der Waals surface area contributed by atoms with E-state index in [1.54, 1.807) is 12.5 Å². The van der Waals surface area contributed by atoms with Gasteiger partial charge in [-0.3, -0.25) is 4.79 Å². The van der Waals surface area contributed by atoms with Crippen LogP contribution in [0, 0.1) is 0 Å². The fourth-order valence-corrected chi connectivity index (χ4v) is 1.62. The monoisotopic (exact) mass is 216 g/mol. The zero-order valence-corrected chi connectivity index (χ0v) is 8.88. The number of nitrogens with zero attached hydrogens (tertiary/aromatic N) is 1. The molecule has 1 heterocycles. The molecule has 2 aromatic rings. The molecule has 0 amide bonds. The first-order chi connectivity index (χ1) is 7.83. The molecular formula is C12H12N2O2. The van der Waals surface area contributed by atoms with Gasteiger partial charge in [0.05, 0.1) is 19.1 Å². The first-order valence-corrected chi connectivity index (χ1v) is 4.94. The Morgan fingerprint density at radius 3 is 2.69 bits per heavy atom. The number of carbonyl (C=O) groups excluding carboxylic acids is 1. The molecule has 1 N–H and O–H groups in total. The Hall–Kier alpha value is -2.10. The molecule has 0 fully saturated rings. The number of esters is 1. The molecule has 0 aliphatic rings. The Bertz CT molecular complexity index is 451. The average Bonchev–Trinajstić information content (AvgIpc) is 2.84. The Balaban J connectivity index is 2.40. The fourth-order valence-electron chi connectivity index (χ4n) is 1.62. The van der Waals surface area contributed by atoms with Crippen molar-refractivity contribution in [3.8, 4) is 0 Å². The van der Waals surface area contributed by atoms with Crippen LogP contribution in [0.2, 0.25) is 0 Å². The summed E-state index contributed by atoms with van der Waals surface area (Å²) in [7, 11) is 1.38. The van der Waals surface area contributed by atoms with Gasteiger partial charge < -0.3 is 9.72 Å². The quantitative estimate of drug-likeness (QED) is 0.795. The summed E-state index contributed by atoms with van der Waals surface area (Å²) in [4.78, 5) is 18.7. The van der Waals surface area contributed by atoms with Crippen molar-refractivity contribution in [2.75, 3.05) is 7.11 Å². The summed E-state index contributed by atoms with van der Waals surface area (Å²) >= 11 is 0. The van der Waals surface area contributed by atoms with Crippen molar-refractivity contribution < 1.29 is 9.53 Å². The van der Waals surface area contributed by atoms with Crippen LogP contribution in [-0.2, 0) is 9.53 Å². The summed E-state index contributed by atoms with van der Waals surface area (Å²) in [6.07, 6.45) is 3.25. The zero-order valence-electron chi connectivity index (χ0n) is 8.88. The molecule has 0 saturated heterocycles. The molecule has 2 rings (SSSR count). The number of hydrogen-bond acceptors (Lipinski definition) is 3. The highest BCUT2D eigenvalue weighted by atomic mass is 16.5. The van der Waals surface area contributed by atoms with Crippen molar-refractivity contribution >= 4 is 5.97 Å². The molecule has 4 heteroatoms. The number of rotatable bonds is 3. The molecule has 1 unspecified atom stereocenters. The van der Waals surface area contributed by atoms with Gasteiger partial charge in [0.25, 0.3) is 0 Å². The maximum atomic E-state index is 11.7. The van der Waals surface area contributed by atoms with E-state index in [1.807, 2.05) is 30.3 Å². The van der Waals surface area contributed by atoms with E-state index in [2.05, 4.69) is 9.97 Å². The van der Waals surface area contributed by atoms with Crippen LogP contribution >= 0.6 is 0 Å². The van der Waals surface area contributed by atoms with E-state index < -0.39 is 5.92 Å². The molecule has 1 aromatic carbocycles. The van der Waals surface area contributed by atoms with E-state index in [0.717, 1.165) is 5.56 Å². The number of H-pyrrole nitrogens is 1. The van der Waals surface area contributed by atoms with Crippen molar-refractivity contribution in [2.45, 2.75) is 5.92 Å². The number of nitrogens with one attached hydrogen (secondary N) is 1. The predicted octanol–water partition coefficient (Wildman–Crippen LogP) is 1.71. The highest BCUT2D eigenvalue weighted by Gasteiger charge is 2.24. The van der Waals surface area contributed by atoms with Gasteiger partial charge in [0, 0.05) is 6.20 Å². The topological polar surface area (TPSA) is 55.0 Å². The number of benzene rings is 1. The summed E-state index contributed by atoms with van der Waals surface area (Å²) < 4.78 is 4.80. The molecule has 0 saturated carbocycles. The van der Waals surface area contributed by atoms with Crippen LogP contribution in [0.15, 0.2) is 42.9 Å². The lowest BCUT2D eigenvalue weighted by atomic mass is 9.96. The van der Waals surface area contributed by atoms with Crippen LogP contribution in [0.3, 0.4) is 0 Å². The van der Waals surface area contributed by atoms with Gasteiger partial charge in [0.2, 0.25) is 0 Å². The van der Waals surface area contributed by atoms with E-state index in [9.17, 15) is 4.79 Å². The second kappa shape index (κ2) is 4.61. The van der Waals surface area contributed by atoms with Gasteiger partial charge in [-0.25, -0.2) is 4.98 Å². The van der Waals surface area contributed by atoms with Crippen molar-refractivity contribution in [2.24, 2.45) is 0 Å². The molecule has 0 bridgehead atoms. The Morgan fingerprint density at radius 2 is 2.12 bits per heavy atom. The molecule has 16 heavy (non-hydrogen) atoms. The minimum Gasteiger partial charge on any atom is -0.468 e. The van der Waals surface area contributed by atoms with Crippen LogP contribution in [0.4, 0.5) is 0 Å². The van der Waals surface area contributed by atoms with E-state index in [4.69, 9.17) is 4.74 Å². The Labute approximate surface area is 93.3 Å². The van der Waals surface area contributed by atoms with Crippen LogP contribution < -0.4 is 0 Å². The van der Waals surface area contributed by atoms with Crippen molar-refractivity contribution in [3.05, 3.63) is 54.1 Å². The maximum absolute atomic E-state index is 11.7. The normalized spacial score (nSPS) is 12.1. The standard InChI is InChI=1S/C12H12N2O2/c1-16-12(15)11(10-7-13-8-14-10)9-5-3-2-4-6-9/h2-8,11H,1H3,(H,13,14). The lowest BCUT2D eigenvalue weighted by Gasteiger charge is -2.12. The average molecular weight is 216 g/mol. The van der Waals surface area contributed by atoms with Crippen molar-refractivity contribution in [1.29, 1.82) is 0 Å². The molecule has 1 atom stereocenters. The molecule has 0 aliphatic carbocycles. The van der Waals surface area contributed by atoms with Gasteiger partial charge in [-0.05, 0) is 5.56 Å². The maximum Gasteiger partial charge on any atom is 0.319 e. The van der Waals surface area contributed by atoms with Crippen LogP contribution in [0.25, 0.3) is 0 Å². The fraction of sp³-hybridized carbons (Fsp3) is 0.167. The van der Waals surface area contributed by atoms with Gasteiger partial charge in [-0.1, -0.05) is 30.3 Å². The number of carbonyl (C=O) groups is 1. The van der Waals surface area contributed by atoms with Gasteiger partial charge >= 0.3 is 5.97 Å². The molecule has 0 spiro atoms. The summed E-state index contributed by atoms with van der Waals surface area (Å²) in [6.45, 7) is 0. The lowest BCUT2D eigenvalue weighted by Crippen LogP contribution is -2.15. The van der Waals surface area contributed by atoms with Gasteiger partial charge in [0.1, 0.15) is 5.92 Å². The van der Waals surface area contributed by atoms with Gasteiger partial charge in [0.15, 0.2) is 0 Å². The molecule has 82 valence electrons. The van der Waals surface area contributed by atoms with Crippen LogP contribution in [-0.4, -0.2) is 23.0 Å². The molecule has 1 aromatic heterocycles. The minimum absolute atomic E-state index is 0.307. The van der Waals surface area contributed by atoms with E-state index >= 15 is 0 Å². The van der Waals surface area contributed by atoms with Gasteiger partial charge in [-0.15, -0.1) is 0 Å². The zero-order chi connectivity index (χ0) is 11.4. The van der Waals surface area contributed by atoms with E-state index in [0.29, 0.717) is 5.69 Å². The van der Waals surface area contributed by atoms with Crippen molar-refractivity contribution in [3.63, 3.8) is 0 Å². The first-order valence-electron chi connectivity index (χ1n) is 4.94. The summed E-state index contributed by atoms with van der Waals surface area (Å²) in [5.74, 6) is -0.768. The number of imidazole rings is 1. The Kier molecular flexibility index (Phi) is 3.00. The number of ether oxygens (including phenoxy) is 1. The predicted molar refractivity (Wildman–Crippen MR) is 58.9 cm³/mol. The van der Waals surface area contributed by atoms with Crippen LogP contribution in [0.5, 0.6) is 0 Å². The van der Waals surface area contributed by atoms with E-state index in [-0.39, 0.29) is 5.97 Å².